The lowest BCUT2D eigenvalue weighted by atomic mass is 10.2. The van der Waals surface area contributed by atoms with Gasteiger partial charge in [-0.05, 0) is 21.5 Å². The molecule has 1 aromatic rings. The molecule has 0 amide bonds. The first-order valence-corrected chi connectivity index (χ1v) is 3.59. The predicted octanol–water partition coefficient (Wildman–Crippen LogP) is 2.72. The largest absolute Gasteiger partial charge is 0.377 e. The third kappa shape index (κ3) is 1.92. The lowest BCUT2D eigenvalue weighted by Gasteiger charge is -2.01. The van der Waals surface area contributed by atoms with Gasteiger partial charge < -0.3 is 10.1 Å². The molecule has 8 heteroatoms. The topological polar surface area (TPSA) is 56.0 Å². The zero-order chi connectivity index (χ0) is 10.9. The van der Waals surface area contributed by atoms with Gasteiger partial charge in [-0.2, -0.15) is 0 Å². The summed E-state index contributed by atoms with van der Waals surface area (Å²) in [5, 5.41) is 9.67. The average Bonchev–Trinajstić information content (AvgIpc) is 2.01. The van der Waals surface area contributed by atoms with Crippen LogP contribution in [0.4, 0.5) is 19.0 Å². The van der Waals surface area contributed by atoms with Crippen molar-refractivity contribution in [2.75, 3.05) is 0 Å². The number of hydrogen-bond donors (Lipinski definition) is 0. The minimum Gasteiger partial charge on any atom is -0.358 e. The zero-order valence-electron chi connectivity index (χ0n) is 6.38. The van der Waals surface area contributed by atoms with Crippen LogP contribution in [0.5, 0.6) is 0 Å². The molecular weight excluding hydrogens is 225 g/mol. The third-order valence-corrected chi connectivity index (χ3v) is 1.54. The van der Waals surface area contributed by atoms with Crippen molar-refractivity contribution in [2.24, 2.45) is 0 Å². The summed E-state index contributed by atoms with van der Waals surface area (Å²) < 4.78 is 37.1. The standard InChI is InChI=1S/C6H2ClF3N2O2/c7-3-1-2(8)4(5(9)10)6(11-3)12(13)14/h1,5H. The van der Waals surface area contributed by atoms with Gasteiger partial charge in [-0.1, -0.05) is 0 Å². The van der Waals surface area contributed by atoms with Gasteiger partial charge >= 0.3 is 5.82 Å². The van der Waals surface area contributed by atoms with Crippen molar-refractivity contribution in [3.8, 4) is 0 Å². The summed E-state index contributed by atoms with van der Waals surface area (Å²) in [4.78, 5) is 12.0. The van der Waals surface area contributed by atoms with E-state index in [1.807, 2.05) is 0 Å². The fraction of sp³-hybridized carbons (Fsp3) is 0.167. The van der Waals surface area contributed by atoms with E-state index in [1.54, 1.807) is 0 Å². The molecule has 0 saturated heterocycles. The number of halogens is 4. The molecule has 76 valence electrons. The Morgan fingerprint density at radius 3 is 2.57 bits per heavy atom. The van der Waals surface area contributed by atoms with Crippen molar-refractivity contribution in [1.82, 2.24) is 4.98 Å². The molecule has 0 aliphatic rings. The van der Waals surface area contributed by atoms with Crippen molar-refractivity contribution < 1.29 is 18.1 Å². The van der Waals surface area contributed by atoms with Crippen LogP contribution in [-0.2, 0) is 0 Å². The number of nitrogens with zero attached hydrogens (tertiary/aromatic N) is 2. The monoisotopic (exact) mass is 226 g/mol. The summed E-state index contributed by atoms with van der Waals surface area (Å²) in [6.07, 6.45) is -3.31. The quantitative estimate of drug-likeness (QED) is 0.443. The van der Waals surface area contributed by atoms with Gasteiger partial charge in [0, 0.05) is 6.07 Å². The van der Waals surface area contributed by atoms with Gasteiger partial charge in [0.2, 0.25) is 5.15 Å². The lowest BCUT2D eigenvalue weighted by Crippen LogP contribution is -2.02. The van der Waals surface area contributed by atoms with Crippen LogP contribution in [0.15, 0.2) is 6.07 Å². The second kappa shape index (κ2) is 3.79. The van der Waals surface area contributed by atoms with Gasteiger partial charge in [0.05, 0.1) is 0 Å². The van der Waals surface area contributed by atoms with E-state index in [4.69, 9.17) is 11.6 Å². The normalized spacial score (nSPS) is 10.6. The Balaban J connectivity index is 3.44. The molecule has 0 aliphatic carbocycles. The van der Waals surface area contributed by atoms with Crippen LogP contribution in [0.2, 0.25) is 5.15 Å². The van der Waals surface area contributed by atoms with Crippen molar-refractivity contribution in [3.05, 3.63) is 32.7 Å². The van der Waals surface area contributed by atoms with E-state index in [1.165, 1.54) is 0 Å². The van der Waals surface area contributed by atoms with E-state index in [0.29, 0.717) is 6.07 Å². The molecule has 4 nitrogen and oxygen atoms in total. The third-order valence-electron chi connectivity index (χ3n) is 1.35. The molecule has 1 rings (SSSR count). The van der Waals surface area contributed by atoms with Crippen molar-refractivity contribution in [1.29, 1.82) is 0 Å². The maximum atomic E-state index is 12.8. The number of alkyl halides is 2. The highest BCUT2D eigenvalue weighted by Crippen LogP contribution is 2.31. The smallest absolute Gasteiger partial charge is 0.358 e. The van der Waals surface area contributed by atoms with Crippen molar-refractivity contribution in [3.63, 3.8) is 0 Å². The van der Waals surface area contributed by atoms with E-state index in [-0.39, 0.29) is 0 Å². The summed E-state index contributed by atoms with van der Waals surface area (Å²) in [5.41, 5.74) is -1.35. The molecule has 0 unspecified atom stereocenters. The Labute approximate surface area is 80.5 Å². The molecule has 1 heterocycles. The van der Waals surface area contributed by atoms with Crippen LogP contribution in [-0.4, -0.2) is 9.91 Å². The zero-order valence-corrected chi connectivity index (χ0v) is 7.13. The first-order chi connectivity index (χ1) is 6.43. The van der Waals surface area contributed by atoms with E-state index in [9.17, 15) is 23.3 Å². The maximum absolute atomic E-state index is 12.8. The molecule has 0 radical (unpaired) electrons. The molecule has 0 fully saturated rings. The molecule has 1 aromatic heterocycles. The van der Waals surface area contributed by atoms with Crippen LogP contribution < -0.4 is 0 Å². The van der Waals surface area contributed by atoms with Crippen LogP contribution >= 0.6 is 11.6 Å². The predicted molar refractivity (Wildman–Crippen MR) is 40.8 cm³/mol. The van der Waals surface area contributed by atoms with E-state index in [2.05, 4.69) is 4.98 Å². The molecule has 0 aromatic carbocycles. The van der Waals surface area contributed by atoms with Gasteiger partial charge in [-0.15, -0.1) is 0 Å². The van der Waals surface area contributed by atoms with E-state index < -0.39 is 33.7 Å². The van der Waals surface area contributed by atoms with Crippen LogP contribution in [0, 0.1) is 15.9 Å². The number of rotatable bonds is 2. The maximum Gasteiger partial charge on any atom is 0.377 e. The van der Waals surface area contributed by atoms with E-state index >= 15 is 0 Å². The second-order valence-corrected chi connectivity index (χ2v) is 2.61. The first kappa shape index (κ1) is 10.7. The van der Waals surface area contributed by atoms with Crippen LogP contribution in [0.1, 0.15) is 12.0 Å². The molecule has 0 bridgehead atoms. The summed E-state index contributed by atoms with van der Waals surface area (Å²) in [7, 11) is 0. The fourth-order valence-corrected chi connectivity index (χ4v) is 1.000. The number of hydrogen-bond acceptors (Lipinski definition) is 3. The highest BCUT2D eigenvalue weighted by Gasteiger charge is 2.29. The molecule has 0 N–H and O–H groups in total. The van der Waals surface area contributed by atoms with Crippen molar-refractivity contribution >= 4 is 17.4 Å². The van der Waals surface area contributed by atoms with E-state index in [0.717, 1.165) is 0 Å². The highest BCUT2D eigenvalue weighted by molar-refractivity contribution is 6.29. The Hall–Kier alpha value is -1.37. The van der Waals surface area contributed by atoms with Crippen LogP contribution in [0.25, 0.3) is 0 Å². The molecule has 0 atom stereocenters. The lowest BCUT2D eigenvalue weighted by molar-refractivity contribution is -0.391. The molecule has 14 heavy (non-hydrogen) atoms. The minimum absolute atomic E-state index is 0.496. The minimum atomic E-state index is -3.31. The SMILES string of the molecule is O=[N+]([O-])c1nc(Cl)cc(F)c1C(F)F. The van der Waals surface area contributed by atoms with Gasteiger partial charge in [0.25, 0.3) is 6.43 Å². The van der Waals surface area contributed by atoms with Gasteiger partial charge in [0.15, 0.2) is 5.56 Å². The Morgan fingerprint density at radius 1 is 1.57 bits per heavy atom. The highest BCUT2D eigenvalue weighted by atomic mass is 35.5. The molecule has 0 saturated carbocycles. The first-order valence-electron chi connectivity index (χ1n) is 3.22. The summed E-state index contributed by atoms with van der Waals surface area (Å²) in [5.74, 6) is -2.70. The summed E-state index contributed by atoms with van der Waals surface area (Å²) in [6, 6.07) is 0.496. The Kier molecular flexibility index (Phi) is 2.90. The fourth-order valence-electron chi connectivity index (χ4n) is 0.824. The Morgan fingerprint density at radius 2 is 2.14 bits per heavy atom. The Bertz CT molecular complexity index is 386. The number of aromatic nitrogens is 1. The van der Waals surface area contributed by atoms with Crippen LogP contribution in [0.3, 0.4) is 0 Å². The van der Waals surface area contributed by atoms with Crippen molar-refractivity contribution in [2.45, 2.75) is 6.43 Å². The van der Waals surface area contributed by atoms with Gasteiger partial charge in [-0.25, -0.2) is 13.2 Å². The molecular formula is C6H2ClF3N2O2. The van der Waals surface area contributed by atoms with Gasteiger partial charge in [-0.3, -0.25) is 0 Å². The number of pyridine rings is 1. The second-order valence-electron chi connectivity index (χ2n) is 2.22. The summed E-state index contributed by atoms with van der Waals surface area (Å²) >= 11 is 5.17. The molecule has 0 spiro atoms. The molecule has 0 aliphatic heterocycles. The number of nitro groups is 1. The summed E-state index contributed by atoms with van der Waals surface area (Å²) in [6.45, 7) is 0. The van der Waals surface area contributed by atoms with Gasteiger partial charge in [0.1, 0.15) is 5.82 Å². The average molecular weight is 227 g/mol.